The van der Waals surface area contributed by atoms with Crippen molar-refractivity contribution in [2.24, 2.45) is 11.8 Å². The summed E-state index contributed by atoms with van der Waals surface area (Å²) in [6.45, 7) is 14.3. The van der Waals surface area contributed by atoms with E-state index in [0.717, 1.165) is 0 Å². The highest BCUT2D eigenvalue weighted by Crippen LogP contribution is 2.08. The lowest BCUT2D eigenvalue weighted by atomic mass is 10.2. The molecule has 0 aromatic carbocycles. The molecule has 0 bridgehead atoms. The standard InChI is InChI=1S/C10H18ClNO4.C10H18INO4/c2*1-7(8(13)15-6-11)5-12-9(14)16-10(2,3)4/h2*7H,5-6H2,1-4H3,(H,12,14). The van der Waals surface area contributed by atoms with E-state index in [-0.39, 0.29) is 31.0 Å². The predicted octanol–water partition coefficient (Wildman–Crippen LogP) is 3.97. The number of amides is 2. The molecule has 0 saturated heterocycles. The third-order valence-corrected chi connectivity index (χ3v) is 3.52. The Morgan fingerprint density at radius 2 is 1.12 bits per heavy atom. The van der Waals surface area contributed by atoms with Crippen molar-refractivity contribution in [1.82, 2.24) is 10.6 Å². The van der Waals surface area contributed by atoms with Crippen molar-refractivity contribution in [2.45, 2.75) is 66.6 Å². The van der Waals surface area contributed by atoms with Gasteiger partial charge in [0.1, 0.15) is 15.8 Å². The Hall–Kier alpha value is -1.50. The van der Waals surface area contributed by atoms with Gasteiger partial charge in [-0.25, -0.2) is 9.59 Å². The molecule has 10 nitrogen and oxygen atoms in total. The molecule has 0 aliphatic heterocycles. The van der Waals surface area contributed by atoms with E-state index in [0.29, 0.717) is 4.61 Å². The van der Waals surface area contributed by atoms with Gasteiger partial charge in [0, 0.05) is 13.1 Å². The second-order valence-electron chi connectivity index (χ2n) is 8.71. The van der Waals surface area contributed by atoms with Gasteiger partial charge in [-0.2, -0.15) is 0 Å². The number of carbonyl (C=O) groups is 4. The zero-order valence-electron chi connectivity index (χ0n) is 20.0. The molecule has 0 rings (SSSR count). The molecular formula is C20H36ClIN2O8. The maximum atomic E-state index is 11.3. The van der Waals surface area contributed by atoms with E-state index in [1.807, 2.05) is 22.6 Å². The average Bonchev–Trinajstić information content (AvgIpc) is 2.62. The first kappa shape index (κ1) is 32.7. The summed E-state index contributed by atoms with van der Waals surface area (Å²) < 4.78 is 19.7. The van der Waals surface area contributed by atoms with E-state index in [4.69, 9.17) is 25.8 Å². The van der Waals surface area contributed by atoms with Crippen LogP contribution in [0.15, 0.2) is 0 Å². The number of hydrogen-bond acceptors (Lipinski definition) is 8. The zero-order chi connectivity index (χ0) is 25.5. The highest BCUT2D eigenvalue weighted by molar-refractivity contribution is 14.1. The maximum absolute atomic E-state index is 11.3. The Morgan fingerprint density at radius 1 is 0.781 bits per heavy atom. The van der Waals surface area contributed by atoms with Gasteiger partial charge < -0.3 is 29.6 Å². The van der Waals surface area contributed by atoms with E-state index >= 15 is 0 Å². The summed E-state index contributed by atoms with van der Waals surface area (Å²) in [5, 5.41) is 4.99. The van der Waals surface area contributed by atoms with Gasteiger partial charge in [0.15, 0.2) is 6.07 Å². The lowest BCUT2D eigenvalue weighted by molar-refractivity contribution is -0.146. The van der Waals surface area contributed by atoms with Crippen LogP contribution in [0.5, 0.6) is 0 Å². The Bertz CT molecular complexity index is 553. The minimum absolute atomic E-state index is 0.157. The Labute approximate surface area is 208 Å². The van der Waals surface area contributed by atoms with Crippen LogP contribution in [-0.2, 0) is 28.5 Å². The Kier molecular flexibility index (Phi) is 16.5. The predicted molar refractivity (Wildman–Crippen MR) is 129 cm³/mol. The quantitative estimate of drug-likeness (QED) is 0.187. The number of alkyl halides is 2. The molecule has 188 valence electrons. The van der Waals surface area contributed by atoms with E-state index in [9.17, 15) is 19.2 Å². The summed E-state index contributed by atoms with van der Waals surface area (Å²) in [7, 11) is 0. The number of esters is 2. The Morgan fingerprint density at radius 3 is 1.41 bits per heavy atom. The third kappa shape index (κ3) is 20.4. The number of nitrogens with one attached hydrogen (secondary N) is 2. The second kappa shape index (κ2) is 16.2. The molecule has 0 radical (unpaired) electrons. The number of carbonyl (C=O) groups excluding carboxylic acids is 4. The SMILES string of the molecule is CC(CNC(=O)OC(C)(C)C)C(=O)OCCl.CC(CNC(=O)OC(C)(C)C)C(=O)OCI. The van der Waals surface area contributed by atoms with Gasteiger partial charge >= 0.3 is 24.1 Å². The number of ether oxygens (including phenoxy) is 4. The van der Waals surface area contributed by atoms with E-state index in [1.54, 1.807) is 55.4 Å². The molecule has 0 saturated carbocycles. The maximum Gasteiger partial charge on any atom is 0.407 e. The average molecular weight is 595 g/mol. The highest BCUT2D eigenvalue weighted by atomic mass is 127. The molecule has 0 aliphatic rings. The number of halogens is 2. The summed E-state index contributed by atoms with van der Waals surface area (Å²) in [4.78, 5) is 44.9. The fraction of sp³-hybridized carbons (Fsp3) is 0.800. The van der Waals surface area contributed by atoms with Gasteiger partial charge in [0.2, 0.25) is 0 Å². The van der Waals surface area contributed by atoms with Crippen molar-refractivity contribution in [2.75, 3.05) is 23.8 Å². The fourth-order valence-electron chi connectivity index (χ4n) is 1.66. The first-order chi connectivity index (χ1) is 14.5. The summed E-state index contributed by atoms with van der Waals surface area (Å²) in [6, 6.07) is -0.185. The van der Waals surface area contributed by atoms with Crippen LogP contribution >= 0.6 is 34.2 Å². The van der Waals surface area contributed by atoms with Gasteiger partial charge in [-0.3, -0.25) is 9.59 Å². The van der Waals surface area contributed by atoms with Crippen molar-refractivity contribution in [3.63, 3.8) is 0 Å². The lowest BCUT2D eigenvalue weighted by Crippen LogP contribution is -2.36. The molecule has 2 N–H and O–H groups in total. The van der Waals surface area contributed by atoms with Crippen LogP contribution in [0.3, 0.4) is 0 Å². The van der Waals surface area contributed by atoms with Gasteiger partial charge in [-0.15, -0.1) is 0 Å². The highest BCUT2D eigenvalue weighted by Gasteiger charge is 2.20. The van der Waals surface area contributed by atoms with E-state index < -0.39 is 35.3 Å². The van der Waals surface area contributed by atoms with Crippen molar-refractivity contribution in [3.05, 3.63) is 0 Å². The molecule has 2 atom stereocenters. The normalized spacial score (nSPS) is 12.8. The fourth-order valence-corrected chi connectivity index (χ4v) is 2.07. The van der Waals surface area contributed by atoms with Crippen molar-refractivity contribution >= 4 is 58.3 Å². The minimum Gasteiger partial charge on any atom is -0.455 e. The summed E-state index contributed by atoms with van der Waals surface area (Å²) in [5.41, 5.74) is -1.08. The summed E-state index contributed by atoms with van der Waals surface area (Å²) >= 11 is 7.18. The topological polar surface area (TPSA) is 129 Å². The van der Waals surface area contributed by atoms with Gasteiger partial charge in [0.05, 0.1) is 11.8 Å². The monoisotopic (exact) mass is 594 g/mol. The van der Waals surface area contributed by atoms with Gasteiger partial charge in [-0.1, -0.05) is 25.4 Å². The molecule has 0 fully saturated rings. The van der Waals surface area contributed by atoms with Crippen LogP contribution in [0.25, 0.3) is 0 Å². The van der Waals surface area contributed by atoms with Gasteiger partial charge in [0.25, 0.3) is 0 Å². The number of rotatable bonds is 8. The van der Waals surface area contributed by atoms with Crippen LogP contribution in [0, 0.1) is 11.8 Å². The molecule has 0 aromatic heterocycles. The van der Waals surface area contributed by atoms with Crippen LogP contribution in [0.2, 0.25) is 0 Å². The summed E-state index contributed by atoms with van der Waals surface area (Å²) in [5.74, 6) is -1.61. The van der Waals surface area contributed by atoms with Crippen molar-refractivity contribution in [3.8, 4) is 0 Å². The zero-order valence-corrected chi connectivity index (χ0v) is 22.9. The molecule has 0 aromatic rings. The second-order valence-corrected chi connectivity index (χ2v) is 9.55. The molecule has 32 heavy (non-hydrogen) atoms. The van der Waals surface area contributed by atoms with Crippen molar-refractivity contribution < 1.29 is 38.1 Å². The molecule has 2 amide bonds. The molecule has 0 spiro atoms. The summed E-state index contributed by atoms with van der Waals surface area (Å²) in [6.07, 6.45) is -1.08. The van der Waals surface area contributed by atoms with Gasteiger partial charge in [-0.05, 0) is 64.1 Å². The van der Waals surface area contributed by atoms with Crippen LogP contribution in [-0.4, -0.2) is 59.1 Å². The molecule has 2 unspecified atom stereocenters. The number of alkyl carbamates (subject to hydrolysis) is 2. The first-order valence-corrected chi connectivity index (χ1v) is 12.0. The smallest absolute Gasteiger partial charge is 0.407 e. The van der Waals surface area contributed by atoms with Crippen molar-refractivity contribution in [1.29, 1.82) is 0 Å². The molecule has 0 heterocycles. The third-order valence-electron chi connectivity index (χ3n) is 3.10. The Balaban J connectivity index is 0. The first-order valence-electron chi connectivity index (χ1n) is 9.91. The molecule has 12 heteroatoms. The van der Waals surface area contributed by atoms with Crippen LogP contribution in [0.4, 0.5) is 9.59 Å². The van der Waals surface area contributed by atoms with Crippen LogP contribution < -0.4 is 10.6 Å². The molecule has 0 aliphatic carbocycles. The van der Waals surface area contributed by atoms with E-state index in [1.165, 1.54) is 0 Å². The minimum atomic E-state index is -0.557. The van der Waals surface area contributed by atoms with Crippen LogP contribution in [0.1, 0.15) is 55.4 Å². The van der Waals surface area contributed by atoms with E-state index in [2.05, 4.69) is 15.4 Å². The molecular weight excluding hydrogens is 559 g/mol. The lowest BCUT2D eigenvalue weighted by Gasteiger charge is -2.20. The number of hydrogen-bond donors (Lipinski definition) is 2. The largest absolute Gasteiger partial charge is 0.455 e.